The zero-order valence-corrected chi connectivity index (χ0v) is 13.7. The molecule has 2 N–H and O–H groups in total. The number of hydrogen-bond donors (Lipinski definition) is 2. The summed E-state index contributed by atoms with van der Waals surface area (Å²) in [6.45, 7) is 4.45. The average Bonchev–Trinajstić information content (AvgIpc) is 2.98. The number of amides is 2. The number of aromatic nitrogens is 2. The Morgan fingerprint density at radius 3 is 2.38 bits per heavy atom. The molecule has 1 fully saturated rings. The van der Waals surface area contributed by atoms with E-state index in [9.17, 15) is 9.59 Å². The average molecular weight is 325 g/mol. The summed E-state index contributed by atoms with van der Waals surface area (Å²) < 4.78 is 0. The largest absolute Gasteiger partial charge is 0.312 e. The van der Waals surface area contributed by atoms with E-state index in [1.54, 1.807) is 29.2 Å². The van der Waals surface area contributed by atoms with Crippen molar-refractivity contribution in [3.05, 3.63) is 47.3 Å². The van der Waals surface area contributed by atoms with E-state index in [1.165, 1.54) is 0 Å². The van der Waals surface area contributed by atoms with E-state index in [0.717, 1.165) is 30.0 Å². The molecule has 1 aromatic carbocycles. The Kier molecular flexibility index (Phi) is 4.41. The van der Waals surface area contributed by atoms with Crippen LogP contribution >= 0.6 is 0 Å². The van der Waals surface area contributed by atoms with Gasteiger partial charge in [0.15, 0.2) is 0 Å². The summed E-state index contributed by atoms with van der Waals surface area (Å²) in [7, 11) is 0. The topological polar surface area (TPSA) is 87.2 Å². The lowest BCUT2D eigenvalue weighted by Crippen LogP contribution is -2.30. The maximum absolute atomic E-state index is 12.2. The second-order valence-corrected chi connectivity index (χ2v) is 5.75. The molecule has 0 bridgehead atoms. The molecule has 1 aliphatic rings. The van der Waals surface area contributed by atoms with E-state index in [0.29, 0.717) is 17.9 Å². The molecule has 24 heavy (non-hydrogen) atoms. The van der Waals surface area contributed by atoms with Crippen LogP contribution in [0, 0.1) is 13.8 Å². The van der Waals surface area contributed by atoms with Crippen molar-refractivity contribution in [3.63, 3.8) is 0 Å². The van der Waals surface area contributed by atoms with Crippen LogP contribution in [-0.4, -0.2) is 28.3 Å². The van der Waals surface area contributed by atoms with Crippen LogP contribution in [-0.2, 0) is 4.79 Å². The van der Waals surface area contributed by atoms with Crippen LogP contribution < -0.4 is 15.8 Å². The highest BCUT2D eigenvalue weighted by Crippen LogP contribution is 2.21. The van der Waals surface area contributed by atoms with Crippen LogP contribution in [0.5, 0.6) is 0 Å². The van der Waals surface area contributed by atoms with Gasteiger partial charge in [-0.05, 0) is 50.6 Å². The third-order valence-corrected chi connectivity index (χ3v) is 3.78. The summed E-state index contributed by atoms with van der Waals surface area (Å²) >= 11 is 0. The molecular weight excluding hydrogens is 306 g/mol. The molecule has 0 unspecified atom stereocenters. The van der Waals surface area contributed by atoms with Gasteiger partial charge in [0.05, 0.1) is 0 Å². The number of anilines is 2. The Bertz CT molecular complexity index is 753. The van der Waals surface area contributed by atoms with Gasteiger partial charge in [0.25, 0.3) is 5.91 Å². The Balaban J connectivity index is 1.63. The van der Waals surface area contributed by atoms with Gasteiger partial charge in [-0.25, -0.2) is 9.97 Å². The molecule has 3 rings (SSSR count). The molecule has 124 valence electrons. The first kappa shape index (κ1) is 15.9. The SMILES string of the molecule is Cc1cc(C)nc(NNC(=O)c2ccc(N3CCCC3=O)cc2)n1. The molecule has 1 saturated heterocycles. The van der Waals surface area contributed by atoms with Gasteiger partial charge in [0.2, 0.25) is 11.9 Å². The molecule has 2 amide bonds. The molecule has 7 nitrogen and oxygen atoms in total. The lowest BCUT2D eigenvalue weighted by Gasteiger charge is -2.16. The lowest BCUT2D eigenvalue weighted by molar-refractivity contribution is -0.117. The number of rotatable bonds is 4. The van der Waals surface area contributed by atoms with Gasteiger partial charge in [-0.2, -0.15) is 0 Å². The summed E-state index contributed by atoms with van der Waals surface area (Å²) in [5, 5.41) is 0. The number of benzene rings is 1. The Morgan fingerprint density at radius 2 is 1.79 bits per heavy atom. The quantitative estimate of drug-likeness (QED) is 0.839. The zero-order valence-electron chi connectivity index (χ0n) is 13.7. The molecule has 0 aliphatic carbocycles. The minimum Gasteiger partial charge on any atom is -0.312 e. The maximum atomic E-state index is 12.2. The third-order valence-electron chi connectivity index (χ3n) is 3.78. The van der Waals surface area contributed by atoms with Crippen molar-refractivity contribution in [1.82, 2.24) is 15.4 Å². The predicted octanol–water partition coefficient (Wildman–Crippen LogP) is 1.98. The highest BCUT2D eigenvalue weighted by atomic mass is 16.2. The van der Waals surface area contributed by atoms with Crippen LogP contribution in [0.25, 0.3) is 0 Å². The Morgan fingerprint density at radius 1 is 1.12 bits per heavy atom. The van der Waals surface area contributed by atoms with Gasteiger partial charge < -0.3 is 4.90 Å². The van der Waals surface area contributed by atoms with Gasteiger partial charge in [-0.1, -0.05) is 0 Å². The fourth-order valence-corrected chi connectivity index (χ4v) is 2.68. The summed E-state index contributed by atoms with van der Waals surface area (Å²) in [5.74, 6) is 0.179. The van der Waals surface area contributed by atoms with Crippen LogP contribution in [0.4, 0.5) is 11.6 Å². The molecule has 2 aromatic rings. The number of aryl methyl sites for hydroxylation is 2. The molecule has 1 aromatic heterocycles. The minimum atomic E-state index is -0.294. The number of carbonyl (C=O) groups is 2. The monoisotopic (exact) mass is 325 g/mol. The first-order valence-electron chi connectivity index (χ1n) is 7.82. The Hall–Kier alpha value is -2.96. The molecular formula is C17H19N5O2. The van der Waals surface area contributed by atoms with Crippen molar-refractivity contribution in [3.8, 4) is 0 Å². The highest BCUT2D eigenvalue weighted by Gasteiger charge is 2.21. The number of nitrogens with zero attached hydrogens (tertiary/aromatic N) is 3. The molecule has 1 aliphatic heterocycles. The van der Waals surface area contributed by atoms with Gasteiger partial charge in [-0.3, -0.25) is 20.4 Å². The maximum Gasteiger partial charge on any atom is 0.269 e. The molecule has 0 radical (unpaired) electrons. The minimum absolute atomic E-state index is 0.126. The fraction of sp³-hybridized carbons (Fsp3) is 0.294. The molecule has 0 atom stereocenters. The van der Waals surface area contributed by atoms with Gasteiger partial charge in [-0.15, -0.1) is 0 Å². The van der Waals surface area contributed by atoms with Crippen LogP contribution in [0.3, 0.4) is 0 Å². The molecule has 2 heterocycles. The van der Waals surface area contributed by atoms with Crippen molar-refractivity contribution in [2.75, 3.05) is 16.9 Å². The van der Waals surface area contributed by atoms with Crippen molar-refractivity contribution in [1.29, 1.82) is 0 Å². The fourth-order valence-electron chi connectivity index (χ4n) is 2.68. The number of hydrogen-bond acceptors (Lipinski definition) is 5. The molecule has 7 heteroatoms. The summed E-state index contributed by atoms with van der Waals surface area (Å²) in [4.78, 5) is 34.0. The number of hydrazine groups is 1. The van der Waals surface area contributed by atoms with Crippen molar-refractivity contribution >= 4 is 23.5 Å². The van der Waals surface area contributed by atoms with E-state index < -0.39 is 0 Å². The van der Waals surface area contributed by atoms with Crippen LogP contribution in [0.15, 0.2) is 30.3 Å². The zero-order chi connectivity index (χ0) is 17.1. The first-order chi connectivity index (χ1) is 11.5. The van der Waals surface area contributed by atoms with E-state index in [-0.39, 0.29) is 11.8 Å². The van der Waals surface area contributed by atoms with Gasteiger partial charge in [0, 0.05) is 35.6 Å². The number of nitrogens with one attached hydrogen (secondary N) is 2. The Labute approximate surface area is 140 Å². The predicted molar refractivity (Wildman–Crippen MR) is 90.6 cm³/mol. The standard InChI is InChI=1S/C17H19N5O2/c1-11-10-12(2)19-17(18-11)21-20-16(24)13-5-7-14(8-6-13)22-9-3-4-15(22)23/h5-8,10H,3-4,9H2,1-2H3,(H,20,24)(H,18,19,21). The van der Waals surface area contributed by atoms with Crippen molar-refractivity contribution in [2.45, 2.75) is 26.7 Å². The third kappa shape index (κ3) is 3.51. The summed E-state index contributed by atoms with van der Waals surface area (Å²) in [6, 6.07) is 8.81. The molecule has 0 saturated carbocycles. The number of carbonyl (C=O) groups excluding carboxylic acids is 2. The normalized spacial score (nSPS) is 13.9. The second-order valence-electron chi connectivity index (χ2n) is 5.75. The van der Waals surface area contributed by atoms with Crippen molar-refractivity contribution in [2.24, 2.45) is 0 Å². The van der Waals surface area contributed by atoms with Gasteiger partial charge >= 0.3 is 0 Å². The van der Waals surface area contributed by atoms with Crippen LogP contribution in [0.1, 0.15) is 34.6 Å². The molecule has 0 spiro atoms. The van der Waals surface area contributed by atoms with Gasteiger partial charge in [0.1, 0.15) is 0 Å². The lowest BCUT2D eigenvalue weighted by atomic mass is 10.2. The van der Waals surface area contributed by atoms with E-state index in [1.807, 2.05) is 19.9 Å². The first-order valence-corrected chi connectivity index (χ1v) is 7.82. The van der Waals surface area contributed by atoms with E-state index >= 15 is 0 Å². The summed E-state index contributed by atoms with van der Waals surface area (Å²) in [6.07, 6.45) is 1.46. The van der Waals surface area contributed by atoms with E-state index in [2.05, 4.69) is 20.8 Å². The second kappa shape index (κ2) is 6.66. The smallest absolute Gasteiger partial charge is 0.269 e. The van der Waals surface area contributed by atoms with E-state index in [4.69, 9.17) is 0 Å². The summed E-state index contributed by atoms with van der Waals surface area (Å²) in [5.41, 5.74) is 8.23. The van der Waals surface area contributed by atoms with Crippen LogP contribution in [0.2, 0.25) is 0 Å². The highest BCUT2D eigenvalue weighted by molar-refractivity contribution is 5.97. The van der Waals surface area contributed by atoms with Crippen molar-refractivity contribution < 1.29 is 9.59 Å².